The summed E-state index contributed by atoms with van der Waals surface area (Å²) >= 11 is 0. The van der Waals surface area contributed by atoms with Gasteiger partial charge in [-0.05, 0) is 0 Å². The van der Waals surface area contributed by atoms with Gasteiger partial charge in [-0.2, -0.15) is 0 Å². The Balaban J connectivity index is 2.64. The maximum absolute atomic E-state index is 10.4. The van der Waals surface area contributed by atoms with Crippen LogP contribution < -0.4 is 5.32 Å². The average molecular weight is 114 g/mol. The van der Waals surface area contributed by atoms with Crippen molar-refractivity contribution in [2.75, 3.05) is 13.6 Å². The normalized spacial score (nSPS) is 19.4. The van der Waals surface area contributed by atoms with Gasteiger partial charge in [0.2, 0.25) is 5.91 Å². The molecule has 8 heavy (non-hydrogen) atoms. The lowest BCUT2D eigenvalue weighted by Gasteiger charge is -2.03. The van der Waals surface area contributed by atoms with Crippen LogP contribution in [0, 0.1) is 5.41 Å². The van der Waals surface area contributed by atoms with Crippen LogP contribution in [0.1, 0.15) is 0 Å². The van der Waals surface area contributed by atoms with Gasteiger partial charge in [-0.15, -0.1) is 0 Å². The predicted molar refractivity (Wildman–Crippen MR) is 28.5 cm³/mol. The van der Waals surface area contributed by atoms with Crippen LogP contribution in [0.15, 0.2) is 0 Å². The van der Waals surface area contributed by atoms with E-state index >= 15 is 0 Å². The molecule has 2 N–H and O–H groups in total. The van der Waals surface area contributed by atoms with E-state index in [4.69, 9.17) is 5.41 Å². The van der Waals surface area contributed by atoms with E-state index in [0.717, 1.165) is 0 Å². The largest absolute Gasteiger partial charge is 0.337 e. The molecule has 0 aliphatic carbocycles. The van der Waals surface area contributed by atoms with Gasteiger partial charge >= 0.3 is 0 Å². The molecule has 1 fully saturated rings. The Morgan fingerprint density at radius 1 is 1.88 bits per heavy atom. The van der Waals surface area contributed by atoms with Gasteiger partial charge < -0.3 is 4.90 Å². The first-order chi connectivity index (χ1) is 3.70. The first-order valence-electron chi connectivity index (χ1n) is 2.29. The maximum Gasteiger partial charge on any atom is 0.246 e. The molecular formula is C4H7N3O. The van der Waals surface area contributed by atoms with Gasteiger partial charge in [0.1, 0.15) is 0 Å². The fourth-order valence-corrected chi connectivity index (χ4v) is 0.561. The van der Waals surface area contributed by atoms with E-state index in [-0.39, 0.29) is 11.9 Å². The van der Waals surface area contributed by atoms with Crippen molar-refractivity contribution in [3.63, 3.8) is 0 Å². The summed E-state index contributed by atoms with van der Waals surface area (Å²) in [5.74, 6) is 0.0903. The van der Waals surface area contributed by atoms with Crippen LogP contribution in [0.5, 0.6) is 0 Å². The van der Waals surface area contributed by atoms with E-state index in [1.54, 1.807) is 11.9 Å². The zero-order valence-electron chi connectivity index (χ0n) is 4.56. The van der Waals surface area contributed by atoms with Crippen molar-refractivity contribution in [3.8, 4) is 0 Å². The second kappa shape index (κ2) is 1.47. The van der Waals surface area contributed by atoms with Crippen molar-refractivity contribution in [1.82, 2.24) is 10.2 Å². The number of nitrogens with one attached hydrogen (secondary N) is 2. The summed E-state index contributed by atoms with van der Waals surface area (Å²) in [4.78, 5) is 11.9. The molecule has 0 spiro atoms. The number of carbonyl (C=O) groups is 1. The molecule has 1 heterocycles. The molecule has 0 radical (unpaired) electrons. The number of likely N-dealkylation sites (N-methyl/N-ethyl adjacent to an activating group) is 1. The smallest absolute Gasteiger partial charge is 0.246 e. The Bertz CT molecular complexity index is 142. The van der Waals surface area contributed by atoms with Crippen LogP contribution in [0.3, 0.4) is 0 Å². The van der Waals surface area contributed by atoms with Gasteiger partial charge in [0.15, 0.2) is 5.96 Å². The molecule has 0 bridgehead atoms. The molecule has 1 aliphatic rings. The summed E-state index contributed by atoms with van der Waals surface area (Å²) in [5.41, 5.74) is 0. The first kappa shape index (κ1) is 5.08. The van der Waals surface area contributed by atoms with Gasteiger partial charge in [-0.25, -0.2) is 0 Å². The highest BCUT2D eigenvalue weighted by atomic mass is 16.2. The van der Waals surface area contributed by atoms with Crippen LogP contribution in [-0.4, -0.2) is 30.4 Å². The van der Waals surface area contributed by atoms with E-state index in [1.165, 1.54) is 0 Å². The standard InChI is InChI=1S/C4H7N3O/c1-7-2-3(8)6-4(7)5/h2H2,1H3,(H2,5,6,8)/i1+1. The summed E-state index contributed by atoms with van der Waals surface area (Å²) < 4.78 is 0. The fourth-order valence-electron chi connectivity index (χ4n) is 0.561. The zero-order chi connectivity index (χ0) is 6.15. The van der Waals surface area contributed by atoms with Gasteiger partial charge in [0.25, 0.3) is 0 Å². The second-order valence-corrected chi connectivity index (χ2v) is 1.75. The Morgan fingerprint density at radius 2 is 2.50 bits per heavy atom. The maximum atomic E-state index is 10.4. The summed E-state index contributed by atoms with van der Waals surface area (Å²) in [6.07, 6.45) is 0. The Hall–Kier alpha value is -1.06. The van der Waals surface area contributed by atoms with Crippen molar-refractivity contribution in [1.29, 1.82) is 5.41 Å². The average Bonchev–Trinajstić information content (AvgIpc) is 1.85. The van der Waals surface area contributed by atoms with Gasteiger partial charge in [-0.1, -0.05) is 0 Å². The Kier molecular flexibility index (Phi) is 0.932. The number of amides is 1. The van der Waals surface area contributed by atoms with Gasteiger partial charge in [0.05, 0.1) is 6.54 Å². The third kappa shape index (κ3) is 0.641. The molecular weight excluding hydrogens is 107 g/mol. The van der Waals surface area contributed by atoms with E-state index in [2.05, 4.69) is 5.32 Å². The van der Waals surface area contributed by atoms with Crippen LogP contribution in [-0.2, 0) is 4.79 Å². The van der Waals surface area contributed by atoms with Crippen LogP contribution >= 0.6 is 0 Å². The second-order valence-electron chi connectivity index (χ2n) is 1.75. The minimum absolute atomic E-state index is 0.0995. The van der Waals surface area contributed by atoms with Crippen LogP contribution in [0.4, 0.5) is 0 Å². The van der Waals surface area contributed by atoms with Crippen LogP contribution in [0.2, 0.25) is 0 Å². The van der Waals surface area contributed by atoms with E-state index in [9.17, 15) is 4.79 Å². The third-order valence-electron chi connectivity index (χ3n) is 1.02. The third-order valence-corrected chi connectivity index (χ3v) is 1.02. The number of hydrogen-bond acceptors (Lipinski definition) is 2. The summed E-state index contributed by atoms with van der Waals surface area (Å²) in [6.45, 7) is 0.318. The van der Waals surface area contributed by atoms with Crippen molar-refractivity contribution >= 4 is 11.9 Å². The van der Waals surface area contributed by atoms with Crippen LogP contribution in [0.25, 0.3) is 0 Å². The molecule has 4 heteroatoms. The Morgan fingerprint density at radius 3 is 2.62 bits per heavy atom. The molecule has 4 nitrogen and oxygen atoms in total. The lowest BCUT2D eigenvalue weighted by Crippen LogP contribution is -2.25. The molecule has 1 amide bonds. The van der Waals surface area contributed by atoms with E-state index in [1.807, 2.05) is 0 Å². The number of guanidine groups is 1. The van der Waals surface area contributed by atoms with Gasteiger partial charge in [-0.3, -0.25) is 15.5 Å². The zero-order valence-corrected chi connectivity index (χ0v) is 4.56. The number of carbonyl (C=O) groups excluding carboxylic acids is 1. The van der Waals surface area contributed by atoms with Crippen molar-refractivity contribution in [3.05, 3.63) is 0 Å². The topological polar surface area (TPSA) is 56.2 Å². The monoisotopic (exact) mass is 114 g/mol. The minimum atomic E-state index is -0.0995. The van der Waals surface area contributed by atoms with E-state index in [0.29, 0.717) is 6.54 Å². The predicted octanol–water partition coefficient (Wildman–Crippen LogP) is -1.02. The van der Waals surface area contributed by atoms with Gasteiger partial charge in [0, 0.05) is 7.05 Å². The minimum Gasteiger partial charge on any atom is -0.337 e. The molecule has 0 aromatic rings. The molecule has 0 aromatic heterocycles. The Labute approximate surface area is 47.0 Å². The molecule has 1 rings (SSSR count). The highest BCUT2D eigenvalue weighted by Gasteiger charge is 2.18. The molecule has 44 valence electrons. The summed E-state index contributed by atoms with van der Waals surface area (Å²) in [6, 6.07) is 0. The highest BCUT2D eigenvalue weighted by Crippen LogP contribution is 1.89. The quantitative estimate of drug-likeness (QED) is 0.396. The number of rotatable bonds is 0. The molecule has 1 saturated heterocycles. The van der Waals surface area contributed by atoms with Crippen molar-refractivity contribution < 1.29 is 4.79 Å². The lowest BCUT2D eigenvalue weighted by atomic mass is 10.6. The lowest BCUT2D eigenvalue weighted by molar-refractivity contribution is -0.118. The molecule has 0 aromatic carbocycles. The number of hydrogen-bond donors (Lipinski definition) is 2. The van der Waals surface area contributed by atoms with Crippen molar-refractivity contribution in [2.45, 2.75) is 0 Å². The SMILES string of the molecule is [13CH3]N1CC(=O)NC1=N. The summed E-state index contributed by atoms with van der Waals surface area (Å²) in [5, 5.41) is 9.32. The fraction of sp³-hybridized carbons (Fsp3) is 0.500. The first-order valence-corrected chi connectivity index (χ1v) is 2.29. The highest BCUT2D eigenvalue weighted by molar-refractivity contribution is 6.02. The van der Waals surface area contributed by atoms with E-state index < -0.39 is 0 Å². The summed E-state index contributed by atoms with van der Waals surface area (Å²) in [7, 11) is 1.69. The van der Waals surface area contributed by atoms with Crippen molar-refractivity contribution in [2.24, 2.45) is 0 Å². The molecule has 1 aliphatic heterocycles. The molecule has 0 unspecified atom stereocenters. The molecule has 0 atom stereocenters. The molecule has 0 saturated carbocycles. The number of nitrogens with zero attached hydrogens (tertiary/aromatic N) is 1.